The molecule has 0 radical (unpaired) electrons. The lowest BCUT2D eigenvalue weighted by atomic mass is 9.95. The van der Waals surface area contributed by atoms with Gasteiger partial charge in [0.1, 0.15) is 19.0 Å². The largest absolute Gasteiger partial charge is 0.463 e. The van der Waals surface area contributed by atoms with E-state index in [-0.39, 0.29) is 50.6 Å². The Morgan fingerprint density at radius 3 is 2.00 bits per heavy atom. The summed E-state index contributed by atoms with van der Waals surface area (Å²) in [5.41, 5.74) is 0. The van der Waals surface area contributed by atoms with Crippen molar-refractivity contribution in [2.24, 2.45) is 0 Å². The molecule has 0 saturated heterocycles. The molecule has 1 aliphatic carbocycles. The summed E-state index contributed by atoms with van der Waals surface area (Å²) in [5.74, 6) is -0.437. The van der Waals surface area contributed by atoms with Crippen LogP contribution in [0.5, 0.6) is 0 Å². The zero-order valence-corrected chi connectivity index (χ0v) is 17.7. The van der Waals surface area contributed by atoms with Crippen molar-refractivity contribution in [1.82, 2.24) is 5.32 Å². The van der Waals surface area contributed by atoms with Gasteiger partial charge in [-0.25, -0.2) is 4.79 Å². The van der Waals surface area contributed by atoms with Crippen LogP contribution in [0.2, 0.25) is 0 Å². The summed E-state index contributed by atoms with van der Waals surface area (Å²) < 4.78 is 20.6. The Morgan fingerprint density at radius 2 is 1.43 bits per heavy atom. The zero-order chi connectivity index (χ0) is 20.6. The van der Waals surface area contributed by atoms with E-state index in [1.165, 1.54) is 6.92 Å². The van der Waals surface area contributed by atoms with E-state index < -0.39 is 5.97 Å². The van der Waals surface area contributed by atoms with Crippen molar-refractivity contribution in [2.45, 2.75) is 56.7 Å². The highest BCUT2D eigenvalue weighted by Crippen LogP contribution is 2.26. The minimum Gasteiger partial charge on any atom is -0.463 e. The van der Waals surface area contributed by atoms with Gasteiger partial charge in [0, 0.05) is 17.7 Å². The summed E-state index contributed by atoms with van der Waals surface area (Å²) in [7, 11) is 0. The van der Waals surface area contributed by atoms with Gasteiger partial charge in [0.15, 0.2) is 0 Å². The number of carbonyl (C=O) groups excluding carboxylic acids is 3. The molecular formula is C19H33NO7S. The summed E-state index contributed by atoms with van der Waals surface area (Å²) in [5, 5.41) is 3.61. The second-order valence-corrected chi connectivity index (χ2v) is 7.77. The Labute approximate surface area is 171 Å². The molecule has 1 saturated carbocycles. The average molecular weight is 420 g/mol. The van der Waals surface area contributed by atoms with Crippen molar-refractivity contribution in [3.63, 3.8) is 0 Å². The van der Waals surface area contributed by atoms with Crippen molar-refractivity contribution >= 4 is 29.6 Å². The molecule has 0 aromatic heterocycles. The summed E-state index contributed by atoms with van der Waals surface area (Å²) >= 11 is 1.89. The summed E-state index contributed by atoms with van der Waals surface area (Å²) in [4.78, 5) is 33.7. The topological polar surface area (TPSA) is 100 Å². The third-order valence-electron chi connectivity index (χ3n) is 4.33. The Morgan fingerprint density at radius 1 is 0.857 bits per heavy atom. The number of nitrogens with one attached hydrogen (secondary N) is 1. The molecule has 0 atom stereocenters. The highest BCUT2D eigenvalue weighted by Gasteiger charge is 2.22. The predicted molar refractivity (Wildman–Crippen MR) is 107 cm³/mol. The molecule has 1 N–H and O–H groups in total. The monoisotopic (exact) mass is 419 g/mol. The van der Waals surface area contributed by atoms with Gasteiger partial charge in [0.05, 0.1) is 32.8 Å². The molecular weight excluding hydrogens is 386 g/mol. The molecule has 0 spiro atoms. The molecule has 0 aliphatic heterocycles. The van der Waals surface area contributed by atoms with Gasteiger partial charge in [-0.3, -0.25) is 4.79 Å². The molecule has 0 aromatic rings. The van der Waals surface area contributed by atoms with Crippen LogP contribution >= 0.6 is 11.8 Å². The van der Waals surface area contributed by atoms with Crippen LogP contribution in [0, 0.1) is 0 Å². The lowest BCUT2D eigenvalue weighted by Crippen LogP contribution is -2.38. The number of amides is 1. The number of Topliss-reactive ketones (excluding diaryl/α,β-unsaturated/α-hetero) is 1. The number of rotatable bonds is 14. The highest BCUT2D eigenvalue weighted by molar-refractivity contribution is 7.99. The minimum atomic E-state index is -0.400. The van der Waals surface area contributed by atoms with Crippen molar-refractivity contribution in [3.8, 4) is 0 Å². The Hall–Kier alpha value is -1.32. The number of hydrogen-bond acceptors (Lipinski definition) is 8. The van der Waals surface area contributed by atoms with Crippen LogP contribution in [0.25, 0.3) is 0 Å². The number of ether oxygens (including phenoxy) is 4. The first-order chi connectivity index (χ1) is 13.5. The third-order valence-corrected chi connectivity index (χ3v) is 5.47. The van der Waals surface area contributed by atoms with Gasteiger partial charge in [-0.15, -0.1) is 0 Å². The predicted octanol–water partition coefficient (Wildman–Crippen LogP) is 2.33. The summed E-state index contributed by atoms with van der Waals surface area (Å²) in [6, 6.07) is 0.210. The van der Waals surface area contributed by atoms with Crippen molar-refractivity contribution in [2.75, 3.05) is 45.9 Å². The second-order valence-electron chi connectivity index (χ2n) is 6.64. The minimum absolute atomic E-state index is 0.0369. The third kappa shape index (κ3) is 13.0. The fourth-order valence-electron chi connectivity index (χ4n) is 2.73. The molecule has 162 valence electrons. The van der Waals surface area contributed by atoms with E-state index >= 15 is 0 Å². The lowest BCUT2D eigenvalue weighted by Gasteiger charge is -2.27. The van der Waals surface area contributed by atoms with Gasteiger partial charge in [0.25, 0.3) is 0 Å². The van der Waals surface area contributed by atoms with E-state index in [2.05, 4.69) is 11.6 Å². The first-order valence-corrected chi connectivity index (χ1v) is 11.1. The Bertz CT molecular complexity index is 467. The van der Waals surface area contributed by atoms with Gasteiger partial charge in [-0.1, -0.05) is 0 Å². The Balaban J connectivity index is 1.85. The van der Waals surface area contributed by atoms with Gasteiger partial charge >= 0.3 is 12.1 Å². The number of alkyl carbamates (subject to hydrolysis) is 1. The standard InChI is InChI=1S/C19H33NO7S/c1-15(21)3-8-18(22)26-13-11-24-9-10-25-12-14-27-19(23)20-16-4-6-17(28-2)7-5-16/h16-17H,3-14H2,1-2H3,(H,20,23). The molecule has 1 fully saturated rings. The maximum absolute atomic E-state index is 11.7. The van der Waals surface area contributed by atoms with Crippen LogP contribution in [-0.4, -0.2) is 75.0 Å². The van der Waals surface area contributed by atoms with E-state index in [0.717, 1.165) is 25.7 Å². The molecule has 1 amide bonds. The van der Waals surface area contributed by atoms with Crippen LogP contribution in [0.15, 0.2) is 0 Å². The zero-order valence-electron chi connectivity index (χ0n) is 16.9. The van der Waals surface area contributed by atoms with Crippen LogP contribution in [0.1, 0.15) is 45.4 Å². The maximum atomic E-state index is 11.7. The molecule has 0 aromatic carbocycles. The average Bonchev–Trinajstić information content (AvgIpc) is 2.68. The first kappa shape index (κ1) is 24.7. The maximum Gasteiger partial charge on any atom is 0.407 e. The normalized spacial score (nSPS) is 19.1. The number of thioether (sulfide) groups is 1. The van der Waals surface area contributed by atoms with Gasteiger partial charge in [-0.2, -0.15) is 11.8 Å². The Kier molecular flexibility index (Phi) is 13.8. The van der Waals surface area contributed by atoms with Gasteiger partial charge in [0.2, 0.25) is 0 Å². The van der Waals surface area contributed by atoms with Crippen LogP contribution in [0.4, 0.5) is 4.79 Å². The summed E-state index contributed by atoms with van der Waals surface area (Å²) in [6.45, 7) is 3.07. The number of ketones is 1. The van der Waals surface area contributed by atoms with Gasteiger partial charge < -0.3 is 29.1 Å². The molecule has 0 unspecified atom stereocenters. The van der Waals surface area contributed by atoms with Crippen molar-refractivity contribution in [1.29, 1.82) is 0 Å². The molecule has 0 bridgehead atoms. The van der Waals surface area contributed by atoms with Crippen LogP contribution < -0.4 is 5.32 Å². The SMILES string of the molecule is CSC1CCC(NC(=O)OCCOCCOCCOC(=O)CCC(C)=O)CC1. The van der Waals surface area contributed by atoms with E-state index in [0.29, 0.717) is 25.1 Å². The molecule has 1 aliphatic rings. The number of carbonyl (C=O) groups is 3. The smallest absolute Gasteiger partial charge is 0.407 e. The molecule has 1 rings (SSSR count). The quantitative estimate of drug-likeness (QED) is 0.338. The second kappa shape index (κ2) is 15.6. The van der Waals surface area contributed by atoms with Crippen molar-refractivity contribution < 1.29 is 33.3 Å². The highest BCUT2D eigenvalue weighted by atomic mass is 32.2. The van der Waals surface area contributed by atoms with E-state index in [1.54, 1.807) is 0 Å². The number of hydrogen-bond donors (Lipinski definition) is 1. The fraction of sp³-hybridized carbons (Fsp3) is 0.842. The molecule has 0 heterocycles. The number of esters is 1. The first-order valence-electron chi connectivity index (χ1n) is 9.78. The van der Waals surface area contributed by atoms with E-state index in [4.69, 9.17) is 18.9 Å². The molecule has 9 heteroatoms. The van der Waals surface area contributed by atoms with Crippen molar-refractivity contribution in [3.05, 3.63) is 0 Å². The van der Waals surface area contributed by atoms with E-state index in [9.17, 15) is 14.4 Å². The summed E-state index contributed by atoms with van der Waals surface area (Å²) in [6.07, 6.45) is 6.31. The van der Waals surface area contributed by atoms with Gasteiger partial charge in [-0.05, 0) is 38.9 Å². The lowest BCUT2D eigenvalue weighted by molar-refractivity contribution is -0.146. The molecule has 28 heavy (non-hydrogen) atoms. The fourth-order valence-corrected chi connectivity index (χ4v) is 3.47. The van der Waals surface area contributed by atoms with Crippen LogP contribution in [0.3, 0.4) is 0 Å². The molecule has 8 nitrogen and oxygen atoms in total. The van der Waals surface area contributed by atoms with Crippen LogP contribution in [-0.2, 0) is 28.5 Å². The van der Waals surface area contributed by atoms with E-state index in [1.807, 2.05) is 11.8 Å².